The Morgan fingerprint density at radius 1 is 1.50 bits per heavy atom. The first-order valence-electron chi connectivity index (χ1n) is 6.70. The van der Waals surface area contributed by atoms with Gasteiger partial charge in [0.25, 0.3) is 0 Å². The number of aliphatic hydroxyl groups excluding tert-OH is 1. The Kier molecular flexibility index (Phi) is 6.50. The Bertz CT molecular complexity index is 324. The highest BCUT2D eigenvalue weighted by molar-refractivity contribution is 5.73. The number of rotatable bonds is 8. The van der Waals surface area contributed by atoms with Crippen LogP contribution in [-0.2, 0) is 4.79 Å². The summed E-state index contributed by atoms with van der Waals surface area (Å²) in [6.45, 7) is 4.85. The molecule has 1 rings (SSSR count). The first-order valence-corrected chi connectivity index (χ1v) is 6.70. The Morgan fingerprint density at radius 2 is 2.28 bits per heavy atom. The third kappa shape index (κ3) is 5.87. The van der Waals surface area contributed by atoms with E-state index in [0.29, 0.717) is 6.42 Å². The van der Waals surface area contributed by atoms with E-state index in [0.717, 1.165) is 56.3 Å². The maximum absolute atomic E-state index is 10.5. The van der Waals surface area contributed by atoms with E-state index in [2.05, 4.69) is 11.9 Å². The van der Waals surface area contributed by atoms with Crippen LogP contribution < -0.4 is 11.1 Å². The zero-order chi connectivity index (χ0) is 13.4. The van der Waals surface area contributed by atoms with Gasteiger partial charge in [-0.1, -0.05) is 19.1 Å². The minimum atomic E-state index is -0.317. The highest BCUT2D eigenvalue weighted by Crippen LogP contribution is 2.21. The summed E-state index contributed by atoms with van der Waals surface area (Å²) in [7, 11) is 0. The van der Waals surface area contributed by atoms with Crippen molar-refractivity contribution in [2.45, 2.75) is 51.0 Å². The van der Waals surface area contributed by atoms with E-state index < -0.39 is 0 Å². The van der Waals surface area contributed by atoms with Crippen molar-refractivity contribution in [1.29, 1.82) is 0 Å². The molecule has 18 heavy (non-hydrogen) atoms. The summed E-state index contributed by atoms with van der Waals surface area (Å²) in [4.78, 5) is 10.5. The number of carbonyl (C=O) groups excluding carboxylic acids is 1. The van der Waals surface area contributed by atoms with Crippen LogP contribution in [0.3, 0.4) is 0 Å². The third-order valence-electron chi connectivity index (χ3n) is 3.17. The van der Waals surface area contributed by atoms with Gasteiger partial charge in [0.05, 0.1) is 6.10 Å². The van der Waals surface area contributed by atoms with Gasteiger partial charge in [-0.05, 0) is 37.7 Å². The summed E-state index contributed by atoms with van der Waals surface area (Å²) in [6, 6.07) is 0. The summed E-state index contributed by atoms with van der Waals surface area (Å²) in [5.74, 6) is -0.228. The Labute approximate surface area is 109 Å². The van der Waals surface area contributed by atoms with E-state index in [-0.39, 0.29) is 12.0 Å². The Hall–Kier alpha value is -1.29. The van der Waals surface area contributed by atoms with E-state index in [1.54, 1.807) is 0 Å². The van der Waals surface area contributed by atoms with Crippen LogP contribution in [0.15, 0.2) is 23.9 Å². The molecule has 1 unspecified atom stereocenters. The molecule has 0 aromatic heterocycles. The lowest BCUT2D eigenvalue weighted by atomic mass is 9.95. The molecule has 0 heterocycles. The third-order valence-corrected chi connectivity index (χ3v) is 3.17. The van der Waals surface area contributed by atoms with Crippen molar-refractivity contribution in [3.63, 3.8) is 0 Å². The van der Waals surface area contributed by atoms with Gasteiger partial charge < -0.3 is 16.2 Å². The number of hydrogen-bond donors (Lipinski definition) is 3. The molecule has 0 radical (unpaired) electrons. The van der Waals surface area contributed by atoms with Gasteiger partial charge in [-0.15, -0.1) is 0 Å². The normalized spacial score (nSPS) is 19.2. The van der Waals surface area contributed by atoms with Crippen LogP contribution in [0.25, 0.3) is 0 Å². The molecule has 0 aliphatic heterocycles. The molecule has 0 aromatic rings. The standard InChI is InChI=1S/C14H24N2O2/c1-11(12-6-5-7-13(17)10-12)16-9-4-2-3-8-14(15)18/h10,13,16-17H,1-9H2,(H2,15,18). The largest absolute Gasteiger partial charge is 0.389 e. The maximum Gasteiger partial charge on any atom is 0.217 e. The molecule has 1 atom stereocenters. The maximum atomic E-state index is 10.5. The number of amides is 1. The molecule has 1 aliphatic carbocycles. The van der Waals surface area contributed by atoms with Crippen LogP contribution in [-0.4, -0.2) is 23.7 Å². The fraction of sp³-hybridized carbons (Fsp3) is 0.643. The second-order valence-electron chi connectivity index (χ2n) is 4.83. The highest BCUT2D eigenvalue weighted by Gasteiger charge is 2.12. The van der Waals surface area contributed by atoms with Crippen LogP contribution in [0.1, 0.15) is 44.9 Å². The number of primary amides is 1. The number of carbonyl (C=O) groups is 1. The lowest BCUT2D eigenvalue weighted by Gasteiger charge is -2.19. The van der Waals surface area contributed by atoms with Gasteiger partial charge in [-0.2, -0.15) is 0 Å². The summed E-state index contributed by atoms with van der Waals surface area (Å²) in [5.41, 5.74) is 7.12. The van der Waals surface area contributed by atoms with E-state index in [4.69, 9.17) is 5.73 Å². The van der Waals surface area contributed by atoms with Gasteiger partial charge in [0.15, 0.2) is 0 Å². The first kappa shape index (κ1) is 14.8. The lowest BCUT2D eigenvalue weighted by molar-refractivity contribution is -0.118. The number of allylic oxidation sites excluding steroid dienone is 1. The molecule has 0 bridgehead atoms. The fourth-order valence-corrected chi connectivity index (χ4v) is 2.11. The second-order valence-corrected chi connectivity index (χ2v) is 4.83. The molecule has 102 valence electrons. The molecular weight excluding hydrogens is 228 g/mol. The molecule has 4 N–H and O–H groups in total. The van der Waals surface area contributed by atoms with Crippen molar-refractivity contribution in [2.75, 3.05) is 6.54 Å². The number of nitrogens with one attached hydrogen (secondary N) is 1. The first-order chi connectivity index (χ1) is 8.59. The van der Waals surface area contributed by atoms with Crippen molar-refractivity contribution >= 4 is 5.91 Å². The fourth-order valence-electron chi connectivity index (χ4n) is 2.11. The molecule has 4 heteroatoms. The molecule has 1 aliphatic rings. The van der Waals surface area contributed by atoms with Crippen LogP contribution in [0.2, 0.25) is 0 Å². The predicted octanol–water partition coefficient (Wildman–Crippen LogP) is 1.61. The van der Waals surface area contributed by atoms with Crippen LogP contribution in [0, 0.1) is 0 Å². The van der Waals surface area contributed by atoms with Crippen molar-refractivity contribution in [1.82, 2.24) is 5.32 Å². The zero-order valence-corrected chi connectivity index (χ0v) is 11.0. The minimum Gasteiger partial charge on any atom is -0.389 e. The summed E-state index contributed by atoms with van der Waals surface area (Å²) >= 11 is 0. The molecule has 4 nitrogen and oxygen atoms in total. The monoisotopic (exact) mass is 252 g/mol. The van der Waals surface area contributed by atoms with Crippen molar-refractivity contribution < 1.29 is 9.90 Å². The average molecular weight is 252 g/mol. The molecule has 0 aromatic carbocycles. The minimum absolute atomic E-state index is 0.228. The summed E-state index contributed by atoms with van der Waals surface area (Å²) in [5, 5.41) is 12.8. The molecule has 0 saturated heterocycles. The SMILES string of the molecule is C=C(NCCCCCC(N)=O)C1=CC(O)CCC1. The van der Waals surface area contributed by atoms with Gasteiger partial charge in [0.2, 0.25) is 5.91 Å². The van der Waals surface area contributed by atoms with Gasteiger partial charge in [0, 0.05) is 18.7 Å². The van der Waals surface area contributed by atoms with E-state index in [9.17, 15) is 9.90 Å². The molecule has 0 saturated carbocycles. The van der Waals surface area contributed by atoms with Gasteiger partial charge >= 0.3 is 0 Å². The van der Waals surface area contributed by atoms with Crippen LogP contribution in [0.5, 0.6) is 0 Å². The van der Waals surface area contributed by atoms with Crippen LogP contribution in [0.4, 0.5) is 0 Å². The molecule has 1 amide bonds. The lowest BCUT2D eigenvalue weighted by Crippen LogP contribution is -2.19. The molecule has 0 spiro atoms. The Balaban J connectivity index is 2.12. The van der Waals surface area contributed by atoms with Gasteiger partial charge in [0.1, 0.15) is 0 Å². The number of aliphatic hydroxyl groups is 1. The summed E-state index contributed by atoms with van der Waals surface area (Å²) < 4.78 is 0. The highest BCUT2D eigenvalue weighted by atomic mass is 16.3. The van der Waals surface area contributed by atoms with Gasteiger partial charge in [-0.3, -0.25) is 4.79 Å². The second kappa shape index (κ2) is 7.93. The van der Waals surface area contributed by atoms with E-state index >= 15 is 0 Å². The Morgan fingerprint density at radius 3 is 2.94 bits per heavy atom. The number of hydrogen-bond acceptors (Lipinski definition) is 3. The average Bonchev–Trinajstić information content (AvgIpc) is 2.33. The quantitative estimate of drug-likeness (QED) is 0.574. The van der Waals surface area contributed by atoms with E-state index in [1.807, 2.05) is 6.08 Å². The van der Waals surface area contributed by atoms with Crippen LogP contribution >= 0.6 is 0 Å². The summed E-state index contributed by atoms with van der Waals surface area (Å²) in [6.07, 6.45) is 7.76. The number of nitrogens with two attached hydrogens (primary N) is 1. The van der Waals surface area contributed by atoms with Crippen molar-refractivity contribution in [3.05, 3.63) is 23.9 Å². The van der Waals surface area contributed by atoms with E-state index in [1.165, 1.54) is 0 Å². The zero-order valence-electron chi connectivity index (χ0n) is 11.0. The molecule has 0 fully saturated rings. The van der Waals surface area contributed by atoms with Crippen molar-refractivity contribution in [3.8, 4) is 0 Å². The molecular formula is C14H24N2O2. The van der Waals surface area contributed by atoms with Crippen molar-refractivity contribution in [2.24, 2.45) is 5.73 Å². The predicted molar refractivity (Wildman–Crippen MR) is 72.7 cm³/mol. The number of unbranched alkanes of at least 4 members (excludes halogenated alkanes) is 2. The smallest absolute Gasteiger partial charge is 0.217 e. The van der Waals surface area contributed by atoms with Gasteiger partial charge in [-0.25, -0.2) is 0 Å². The topological polar surface area (TPSA) is 75.3 Å².